The highest BCUT2D eigenvalue weighted by Gasteiger charge is 2.33. The van der Waals surface area contributed by atoms with Crippen molar-refractivity contribution in [3.63, 3.8) is 0 Å². The second kappa shape index (κ2) is 6.58. The van der Waals surface area contributed by atoms with Gasteiger partial charge in [0.25, 0.3) is 0 Å². The number of carboxylic acids is 1. The number of nitrogens with one attached hydrogen (secondary N) is 1. The van der Waals surface area contributed by atoms with Crippen LogP contribution in [-0.4, -0.2) is 25.5 Å². The number of sulfonamides is 1. The first-order valence-electron chi connectivity index (χ1n) is 7.22. The fourth-order valence-corrected chi connectivity index (χ4v) is 4.41. The van der Waals surface area contributed by atoms with Gasteiger partial charge >= 0.3 is 5.97 Å². The molecule has 1 aromatic rings. The topological polar surface area (TPSA) is 83.5 Å². The van der Waals surface area contributed by atoms with E-state index in [0.29, 0.717) is 5.56 Å². The normalized spacial score (nSPS) is 18.3. The zero-order chi connectivity index (χ0) is 15.5. The molecule has 0 amide bonds. The minimum atomic E-state index is -3.82. The van der Waals surface area contributed by atoms with Crippen LogP contribution in [0.4, 0.5) is 0 Å². The van der Waals surface area contributed by atoms with Gasteiger partial charge in [0, 0.05) is 0 Å². The third-order valence-electron chi connectivity index (χ3n) is 4.05. The molecule has 1 aliphatic carbocycles. The maximum Gasteiger partial charge on any atom is 0.322 e. The molecule has 2 rings (SSSR count). The fourth-order valence-electron chi connectivity index (χ4n) is 2.90. The van der Waals surface area contributed by atoms with Gasteiger partial charge in [0.15, 0.2) is 0 Å². The number of hydrogen-bond donors (Lipinski definition) is 2. The molecule has 1 aliphatic rings. The molecule has 1 fully saturated rings. The molecule has 1 aromatic carbocycles. The molecule has 6 heteroatoms. The molecule has 0 saturated heterocycles. The zero-order valence-corrected chi connectivity index (χ0v) is 12.9. The van der Waals surface area contributed by atoms with Gasteiger partial charge in [0.05, 0.1) is 4.90 Å². The largest absolute Gasteiger partial charge is 0.480 e. The van der Waals surface area contributed by atoms with Crippen LogP contribution in [0.3, 0.4) is 0 Å². The van der Waals surface area contributed by atoms with Crippen molar-refractivity contribution in [1.29, 1.82) is 0 Å². The van der Waals surface area contributed by atoms with Crippen LogP contribution in [-0.2, 0) is 14.8 Å². The quantitative estimate of drug-likeness (QED) is 0.874. The lowest BCUT2D eigenvalue weighted by Crippen LogP contribution is -2.46. The highest BCUT2D eigenvalue weighted by atomic mass is 32.2. The Hall–Kier alpha value is -1.40. The van der Waals surface area contributed by atoms with Crippen molar-refractivity contribution < 1.29 is 18.3 Å². The average Bonchev–Trinajstić information content (AvgIpc) is 2.46. The summed E-state index contributed by atoms with van der Waals surface area (Å²) >= 11 is 0. The number of rotatable bonds is 5. The van der Waals surface area contributed by atoms with E-state index in [4.69, 9.17) is 0 Å². The lowest BCUT2D eigenvalue weighted by molar-refractivity contribution is -0.140. The Morgan fingerprint density at radius 2 is 1.86 bits per heavy atom. The fraction of sp³-hybridized carbons (Fsp3) is 0.533. The van der Waals surface area contributed by atoms with Crippen LogP contribution in [0, 0.1) is 12.8 Å². The summed E-state index contributed by atoms with van der Waals surface area (Å²) in [5, 5.41) is 9.38. The van der Waals surface area contributed by atoms with E-state index in [1.807, 2.05) is 0 Å². The van der Waals surface area contributed by atoms with Gasteiger partial charge in [0.2, 0.25) is 10.0 Å². The predicted molar refractivity (Wildman–Crippen MR) is 79.5 cm³/mol. The molecule has 1 saturated carbocycles. The van der Waals surface area contributed by atoms with Crippen molar-refractivity contribution in [3.8, 4) is 0 Å². The maximum atomic E-state index is 12.4. The monoisotopic (exact) mass is 311 g/mol. The second-order valence-corrected chi connectivity index (χ2v) is 7.28. The second-order valence-electron chi connectivity index (χ2n) is 5.60. The Kier molecular flexibility index (Phi) is 5.00. The van der Waals surface area contributed by atoms with E-state index in [9.17, 15) is 18.3 Å². The van der Waals surface area contributed by atoms with Gasteiger partial charge in [-0.15, -0.1) is 0 Å². The molecular formula is C15H21NO4S. The maximum absolute atomic E-state index is 12.4. The molecule has 0 aromatic heterocycles. The molecule has 0 radical (unpaired) electrons. The molecule has 5 nitrogen and oxygen atoms in total. The van der Waals surface area contributed by atoms with Gasteiger partial charge in [0.1, 0.15) is 6.04 Å². The minimum Gasteiger partial charge on any atom is -0.480 e. The lowest BCUT2D eigenvalue weighted by atomic mass is 9.84. The summed E-state index contributed by atoms with van der Waals surface area (Å²) < 4.78 is 27.3. The van der Waals surface area contributed by atoms with E-state index in [1.54, 1.807) is 25.1 Å². The Bertz CT molecular complexity index is 606. The lowest BCUT2D eigenvalue weighted by Gasteiger charge is -2.28. The van der Waals surface area contributed by atoms with Crippen molar-refractivity contribution in [1.82, 2.24) is 4.72 Å². The summed E-state index contributed by atoms with van der Waals surface area (Å²) in [6.45, 7) is 1.70. The van der Waals surface area contributed by atoms with E-state index in [2.05, 4.69) is 4.72 Å². The van der Waals surface area contributed by atoms with Crippen LogP contribution in [0.2, 0.25) is 0 Å². The summed E-state index contributed by atoms with van der Waals surface area (Å²) in [6.07, 6.45) is 4.52. The molecule has 116 valence electrons. The molecular weight excluding hydrogens is 290 g/mol. The summed E-state index contributed by atoms with van der Waals surface area (Å²) in [5.74, 6) is -1.23. The zero-order valence-electron chi connectivity index (χ0n) is 12.1. The van der Waals surface area contributed by atoms with Gasteiger partial charge in [-0.3, -0.25) is 4.79 Å². The summed E-state index contributed by atoms with van der Waals surface area (Å²) in [5.41, 5.74) is 0.609. The van der Waals surface area contributed by atoms with Gasteiger partial charge in [-0.1, -0.05) is 37.5 Å². The number of carboxylic acid groups (broad SMARTS) is 1. The van der Waals surface area contributed by atoms with Crippen LogP contribution < -0.4 is 4.72 Å². The van der Waals surface area contributed by atoms with Gasteiger partial charge in [-0.25, -0.2) is 8.42 Å². The van der Waals surface area contributed by atoms with Crippen molar-refractivity contribution in [2.45, 2.75) is 50.0 Å². The van der Waals surface area contributed by atoms with Crippen LogP contribution in [0.5, 0.6) is 0 Å². The molecule has 0 spiro atoms. The SMILES string of the molecule is Cc1ccccc1S(=O)(=O)NC(C(=O)O)C1CCCCC1. The smallest absolute Gasteiger partial charge is 0.322 e. The van der Waals surface area contributed by atoms with E-state index in [-0.39, 0.29) is 10.8 Å². The first kappa shape index (κ1) is 16.0. The van der Waals surface area contributed by atoms with Crippen molar-refractivity contribution in [3.05, 3.63) is 29.8 Å². The Morgan fingerprint density at radius 3 is 2.43 bits per heavy atom. The number of aliphatic carboxylic acids is 1. The Balaban J connectivity index is 2.23. The van der Waals surface area contributed by atoms with Crippen molar-refractivity contribution in [2.24, 2.45) is 5.92 Å². The van der Waals surface area contributed by atoms with Gasteiger partial charge < -0.3 is 5.11 Å². The van der Waals surface area contributed by atoms with Gasteiger partial charge in [-0.05, 0) is 37.3 Å². The molecule has 0 heterocycles. The van der Waals surface area contributed by atoms with Crippen LogP contribution in [0.15, 0.2) is 29.2 Å². The summed E-state index contributed by atoms with van der Waals surface area (Å²) in [4.78, 5) is 11.6. The summed E-state index contributed by atoms with van der Waals surface area (Å²) in [7, 11) is -3.82. The van der Waals surface area contributed by atoms with E-state index >= 15 is 0 Å². The van der Waals surface area contributed by atoms with E-state index < -0.39 is 22.0 Å². The van der Waals surface area contributed by atoms with Crippen molar-refractivity contribution in [2.75, 3.05) is 0 Å². The third-order valence-corrected chi connectivity index (χ3v) is 5.65. The van der Waals surface area contributed by atoms with Crippen LogP contribution >= 0.6 is 0 Å². The number of carbonyl (C=O) groups is 1. The Labute approximate surface area is 125 Å². The number of aryl methyl sites for hydroxylation is 1. The molecule has 0 aliphatic heterocycles. The first-order chi connectivity index (χ1) is 9.92. The number of hydrogen-bond acceptors (Lipinski definition) is 3. The average molecular weight is 311 g/mol. The molecule has 2 N–H and O–H groups in total. The molecule has 1 unspecified atom stereocenters. The van der Waals surface area contributed by atoms with Crippen molar-refractivity contribution >= 4 is 16.0 Å². The Morgan fingerprint density at radius 1 is 1.24 bits per heavy atom. The van der Waals surface area contributed by atoms with Crippen LogP contribution in [0.1, 0.15) is 37.7 Å². The first-order valence-corrected chi connectivity index (χ1v) is 8.71. The van der Waals surface area contributed by atoms with Crippen LogP contribution in [0.25, 0.3) is 0 Å². The highest BCUT2D eigenvalue weighted by molar-refractivity contribution is 7.89. The predicted octanol–water partition coefficient (Wildman–Crippen LogP) is 2.31. The van der Waals surface area contributed by atoms with Gasteiger partial charge in [-0.2, -0.15) is 4.72 Å². The third kappa shape index (κ3) is 3.83. The molecule has 0 bridgehead atoms. The molecule has 1 atom stereocenters. The highest BCUT2D eigenvalue weighted by Crippen LogP contribution is 2.27. The minimum absolute atomic E-state index is 0.130. The van der Waals surface area contributed by atoms with E-state index in [1.165, 1.54) is 6.07 Å². The number of benzene rings is 1. The van der Waals surface area contributed by atoms with E-state index in [0.717, 1.165) is 32.1 Å². The summed E-state index contributed by atoms with van der Waals surface area (Å²) in [6, 6.07) is 5.54. The molecule has 21 heavy (non-hydrogen) atoms. The standard InChI is InChI=1S/C15H21NO4S/c1-11-7-5-6-10-13(11)21(19,20)16-14(15(17)18)12-8-3-2-4-9-12/h5-7,10,12,14,16H,2-4,8-9H2,1H3,(H,17,18).